The van der Waals surface area contributed by atoms with Crippen molar-refractivity contribution in [3.63, 3.8) is 0 Å². The van der Waals surface area contributed by atoms with E-state index in [9.17, 15) is 4.55 Å². The zero-order valence-corrected chi connectivity index (χ0v) is 7.75. The van der Waals surface area contributed by atoms with Crippen molar-refractivity contribution in [1.29, 1.82) is 0 Å². The Morgan fingerprint density at radius 2 is 1.78 bits per heavy atom. The predicted molar refractivity (Wildman–Crippen MR) is 45.5 cm³/mol. The van der Waals surface area contributed by atoms with Gasteiger partial charge in [-0.15, -0.1) is 0 Å². The molecule has 0 radical (unpaired) electrons. The summed E-state index contributed by atoms with van der Waals surface area (Å²) in [4.78, 5) is 0. The van der Waals surface area contributed by atoms with Crippen LogP contribution in [-0.4, -0.2) is 34.8 Å². The Labute approximate surface area is 71.0 Å². The fraction of sp³-hybridized carbons (Fsp3) is 1.00. The Balaban J connectivity index is 0. The van der Waals surface area contributed by atoms with Crippen LogP contribution in [0.5, 0.6) is 0 Å². The molecule has 0 unspecified atom stereocenters. The maximum atomic E-state index is 9.56. The molecule has 0 aromatic heterocycles. The third kappa shape index (κ3) is 50.3. The minimum absolute atomic E-state index is 0.611. The van der Waals surface area contributed by atoms with Crippen LogP contribution in [0.1, 0.15) is 19.8 Å². The first-order chi connectivity index (χ1) is 4.15. The number of rotatable bonds is 2. The SMILES string of the molecule is C[S+](C)[O-].[Li][CH2]CCC. The summed E-state index contributed by atoms with van der Waals surface area (Å²) < 4.78 is 9.56. The number of unbranched alkanes of at least 4 members (excludes halogenated alkanes) is 1. The first-order valence-electron chi connectivity index (χ1n) is 3.40. The van der Waals surface area contributed by atoms with Crippen molar-refractivity contribution in [3.05, 3.63) is 0 Å². The van der Waals surface area contributed by atoms with Crippen molar-refractivity contribution >= 4 is 28.9 Å². The second-order valence-corrected chi connectivity index (χ2v) is 3.58. The van der Waals surface area contributed by atoms with Crippen LogP contribution in [0.4, 0.5) is 0 Å². The fourth-order valence-corrected chi connectivity index (χ4v) is 0.354. The molecule has 9 heavy (non-hydrogen) atoms. The molecule has 0 rings (SSSR count). The second-order valence-electron chi connectivity index (χ2n) is 2.10. The maximum absolute atomic E-state index is 9.56. The van der Waals surface area contributed by atoms with Gasteiger partial charge in [0.2, 0.25) is 0 Å². The average Bonchev–Trinajstić information content (AvgIpc) is 1.66. The molecule has 0 aliphatic carbocycles. The molecule has 1 nitrogen and oxygen atoms in total. The van der Waals surface area contributed by atoms with E-state index < -0.39 is 11.2 Å². The Bertz CT molecular complexity index is 37.3. The van der Waals surface area contributed by atoms with Gasteiger partial charge >= 0.3 is 42.6 Å². The summed E-state index contributed by atoms with van der Waals surface area (Å²) >= 11 is 1.60. The second kappa shape index (κ2) is 11.7. The molecule has 0 fully saturated rings. The van der Waals surface area contributed by atoms with Gasteiger partial charge in [0.05, 0.1) is 12.5 Å². The molecule has 0 amide bonds. The summed E-state index contributed by atoms with van der Waals surface area (Å²) in [5.41, 5.74) is 0. The Kier molecular flexibility index (Phi) is 16.3. The standard InChI is InChI=1S/C4H9.C2H6OS.Li/c1-3-4-2;1-4(2)3;/h1,3-4H2,2H3;1-2H3;. The minimum atomic E-state index is -0.611. The zero-order chi connectivity index (χ0) is 7.70. The number of hydrogen-bond donors (Lipinski definition) is 0. The van der Waals surface area contributed by atoms with Crippen molar-refractivity contribution in [3.8, 4) is 0 Å². The molecule has 0 bridgehead atoms. The van der Waals surface area contributed by atoms with Gasteiger partial charge in [-0.05, 0) is 0 Å². The van der Waals surface area contributed by atoms with Crippen molar-refractivity contribution < 1.29 is 4.55 Å². The molecule has 0 aliphatic rings. The third-order valence-corrected chi connectivity index (χ3v) is 0.707. The zero-order valence-electron chi connectivity index (χ0n) is 6.94. The van der Waals surface area contributed by atoms with Gasteiger partial charge in [0.1, 0.15) is 0 Å². The molecule has 52 valence electrons. The quantitative estimate of drug-likeness (QED) is 0.422. The van der Waals surface area contributed by atoms with Gasteiger partial charge in [-0.25, -0.2) is 0 Å². The molecule has 3 heteroatoms. The van der Waals surface area contributed by atoms with Crippen molar-refractivity contribution in [2.24, 2.45) is 0 Å². The van der Waals surface area contributed by atoms with E-state index in [1.54, 1.807) is 12.5 Å². The first-order valence-corrected chi connectivity index (χ1v) is 5.36. The van der Waals surface area contributed by atoms with E-state index in [0.717, 1.165) is 0 Å². The summed E-state index contributed by atoms with van der Waals surface area (Å²) in [5, 5.41) is 1.34. The van der Waals surface area contributed by atoms with Gasteiger partial charge in [0, 0.05) is 0 Å². The van der Waals surface area contributed by atoms with E-state index in [4.69, 9.17) is 0 Å². The summed E-state index contributed by atoms with van der Waals surface area (Å²) in [5.74, 6) is 0. The van der Waals surface area contributed by atoms with E-state index in [-0.39, 0.29) is 0 Å². The molecule has 0 spiro atoms. The molecular weight excluding hydrogens is 127 g/mol. The van der Waals surface area contributed by atoms with Gasteiger partial charge in [0.25, 0.3) is 0 Å². The molecule has 0 atom stereocenters. The third-order valence-electron chi connectivity index (χ3n) is 0.707. The normalized spacial score (nSPS) is 8.78. The molecule has 0 saturated carbocycles. The Morgan fingerprint density at radius 3 is 1.78 bits per heavy atom. The van der Waals surface area contributed by atoms with Gasteiger partial charge in [0.15, 0.2) is 0 Å². The van der Waals surface area contributed by atoms with E-state index in [2.05, 4.69) is 24.6 Å². The molecular formula is C6H15LiOS. The molecule has 0 heterocycles. The molecule has 0 aromatic carbocycles. The monoisotopic (exact) mass is 142 g/mol. The van der Waals surface area contributed by atoms with Crippen LogP contribution in [-0.2, 0) is 11.2 Å². The van der Waals surface area contributed by atoms with Gasteiger partial charge in [-0.1, -0.05) is 11.2 Å². The summed E-state index contributed by atoms with van der Waals surface area (Å²) in [6, 6.07) is 0. The predicted octanol–water partition coefficient (Wildman–Crippen LogP) is 1.37. The van der Waals surface area contributed by atoms with E-state index in [1.807, 2.05) is 0 Å². The van der Waals surface area contributed by atoms with Crippen molar-refractivity contribution in [1.82, 2.24) is 0 Å². The van der Waals surface area contributed by atoms with E-state index >= 15 is 0 Å². The van der Waals surface area contributed by atoms with Gasteiger partial charge in [-0.3, -0.25) is 0 Å². The van der Waals surface area contributed by atoms with E-state index in [0.29, 0.717) is 0 Å². The molecule has 0 saturated heterocycles. The molecule has 0 aromatic rings. The molecule has 0 aliphatic heterocycles. The van der Waals surface area contributed by atoms with E-state index in [1.165, 1.54) is 17.9 Å². The van der Waals surface area contributed by atoms with Crippen LogP contribution in [0.15, 0.2) is 0 Å². The molecule has 0 N–H and O–H groups in total. The van der Waals surface area contributed by atoms with Crippen molar-refractivity contribution in [2.45, 2.75) is 24.9 Å². The Morgan fingerprint density at radius 1 is 1.44 bits per heavy atom. The van der Waals surface area contributed by atoms with Gasteiger partial charge < -0.3 is 4.55 Å². The first kappa shape index (κ1) is 12.6. The van der Waals surface area contributed by atoms with Crippen LogP contribution in [0.2, 0.25) is 5.09 Å². The van der Waals surface area contributed by atoms with Crippen LogP contribution >= 0.6 is 0 Å². The Hall–Kier alpha value is 0.907. The average molecular weight is 142 g/mol. The summed E-state index contributed by atoms with van der Waals surface area (Å²) in [6.07, 6.45) is 6.01. The van der Waals surface area contributed by atoms with Gasteiger partial charge in [-0.2, -0.15) is 0 Å². The van der Waals surface area contributed by atoms with Crippen LogP contribution in [0, 0.1) is 0 Å². The topological polar surface area (TPSA) is 23.1 Å². The van der Waals surface area contributed by atoms with Crippen LogP contribution in [0.3, 0.4) is 0 Å². The summed E-state index contributed by atoms with van der Waals surface area (Å²) in [7, 11) is 0. The number of hydrogen-bond acceptors (Lipinski definition) is 1. The summed E-state index contributed by atoms with van der Waals surface area (Å²) in [6.45, 7) is 2.21. The fourth-order valence-electron chi connectivity index (χ4n) is 0.354. The van der Waals surface area contributed by atoms with Crippen LogP contribution < -0.4 is 0 Å². The van der Waals surface area contributed by atoms with Crippen LogP contribution in [0.25, 0.3) is 0 Å². The van der Waals surface area contributed by atoms with Crippen molar-refractivity contribution in [2.75, 3.05) is 12.5 Å².